The molecule has 0 aliphatic rings. The molecule has 6 nitrogen and oxygen atoms in total. The summed E-state index contributed by atoms with van der Waals surface area (Å²) in [5.41, 5.74) is 5.29. The quantitative estimate of drug-likeness (QED) is 0.537. The van der Waals surface area contributed by atoms with Crippen molar-refractivity contribution in [2.45, 2.75) is 26.4 Å². The number of nitrogens with zero attached hydrogens (tertiary/aromatic N) is 1. The first-order valence-corrected chi connectivity index (χ1v) is 10.3. The first-order chi connectivity index (χ1) is 15.4. The SMILES string of the molecule is COC(=O)N(Cc1ccccc1)Cc1cc(C)ccc1-c1cc(CC(=O)O)ccc1OC. The largest absolute Gasteiger partial charge is 0.496 e. The Morgan fingerprint density at radius 3 is 2.28 bits per heavy atom. The van der Waals surface area contributed by atoms with Crippen LogP contribution in [-0.4, -0.2) is 36.3 Å². The highest BCUT2D eigenvalue weighted by molar-refractivity contribution is 5.77. The first kappa shape index (κ1) is 22.9. The van der Waals surface area contributed by atoms with Crippen LogP contribution in [0.25, 0.3) is 11.1 Å². The van der Waals surface area contributed by atoms with E-state index in [9.17, 15) is 14.7 Å². The normalized spacial score (nSPS) is 10.5. The van der Waals surface area contributed by atoms with Crippen LogP contribution in [0.3, 0.4) is 0 Å². The predicted molar refractivity (Wildman–Crippen MR) is 123 cm³/mol. The van der Waals surface area contributed by atoms with Crippen LogP contribution >= 0.6 is 0 Å². The van der Waals surface area contributed by atoms with E-state index in [1.807, 2.05) is 61.5 Å². The van der Waals surface area contributed by atoms with Gasteiger partial charge in [0.25, 0.3) is 0 Å². The highest BCUT2D eigenvalue weighted by atomic mass is 16.5. The maximum absolute atomic E-state index is 12.6. The topological polar surface area (TPSA) is 76.1 Å². The molecule has 3 aromatic carbocycles. The van der Waals surface area contributed by atoms with E-state index in [1.165, 1.54) is 7.11 Å². The molecule has 3 rings (SSSR count). The lowest BCUT2D eigenvalue weighted by atomic mass is 9.94. The lowest BCUT2D eigenvalue weighted by Crippen LogP contribution is -2.30. The fraction of sp³-hybridized carbons (Fsp3) is 0.231. The summed E-state index contributed by atoms with van der Waals surface area (Å²) in [6, 6.07) is 21.1. The zero-order chi connectivity index (χ0) is 23.1. The Hall–Kier alpha value is -3.80. The monoisotopic (exact) mass is 433 g/mol. The Morgan fingerprint density at radius 1 is 0.875 bits per heavy atom. The minimum atomic E-state index is -0.898. The van der Waals surface area contributed by atoms with Crippen LogP contribution in [-0.2, 0) is 29.0 Å². The number of rotatable bonds is 8. The molecular formula is C26H27NO5. The number of amides is 1. The van der Waals surface area contributed by atoms with Crippen molar-refractivity contribution in [2.75, 3.05) is 14.2 Å². The molecule has 166 valence electrons. The molecule has 1 amide bonds. The van der Waals surface area contributed by atoms with E-state index >= 15 is 0 Å². The highest BCUT2D eigenvalue weighted by Crippen LogP contribution is 2.35. The molecule has 0 saturated heterocycles. The minimum Gasteiger partial charge on any atom is -0.496 e. The van der Waals surface area contributed by atoms with Gasteiger partial charge in [0.2, 0.25) is 0 Å². The molecule has 0 heterocycles. The Balaban J connectivity index is 2.04. The number of benzene rings is 3. The summed E-state index contributed by atoms with van der Waals surface area (Å²) in [4.78, 5) is 25.4. The van der Waals surface area contributed by atoms with Crippen LogP contribution in [0, 0.1) is 6.92 Å². The Labute approximate surface area is 188 Å². The number of carbonyl (C=O) groups excluding carboxylic acids is 1. The zero-order valence-electron chi connectivity index (χ0n) is 18.5. The third-order valence-electron chi connectivity index (χ3n) is 5.18. The van der Waals surface area contributed by atoms with Gasteiger partial charge in [0.15, 0.2) is 0 Å². The second kappa shape index (κ2) is 10.5. The molecule has 3 aromatic rings. The van der Waals surface area contributed by atoms with E-state index in [-0.39, 0.29) is 6.42 Å². The van der Waals surface area contributed by atoms with Gasteiger partial charge in [-0.3, -0.25) is 9.69 Å². The lowest BCUT2D eigenvalue weighted by Gasteiger charge is -2.24. The first-order valence-electron chi connectivity index (χ1n) is 10.3. The molecule has 0 unspecified atom stereocenters. The Bertz CT molecular complexity index is 1090. The van der Waals surface area contributed by atoms with E-state index in [1.54, 1.807) is 24.1 Å². The van der Waals surface area contributed by atoms with Gasteiger partial charge in [-0.2, -0.15) is 0 Å². The van der Waals surface area contributed by atoms with Gasteiger partial charge < -0.3 is 14.6 Å². The smallest absolute Gasteiger partial charge is 0.410 e. The molecule has 0 radical (unpaired) electrons. The second-order valence-electron chi connectivity index (χ2n) is 7.58. The van der Waals surface area contributed by atoms with Gasteiger partial charge >= 0.3 is 12.1 Å². The average molecular weight is 434 g/mol. The molecule has 0 bridgehead atoms. The van der Waals surface area contributed by atoms with E-state index < -0.39 is 12.1 Å². The standard InChI is InChI=1S/C26H27NO5/c1-18-9-11-22(23-14-20(15-25(28)29)10-12-24(23)31-2)21(13-18)17-27(26(30)32-3)16-19-7-5-4-6-8-19/h4-14H,15-17H2,1-3H3,(H,28,29). The van der Waals surface area contributed by atoms with Gasteiger partial charge in [-0.1, -0.05) is 60.2 Å². The number of carboxylic acids is 1. The van der Waals surface area contributed by atoms with Gasteiger partial charge in [0.1, 0.15) is 5.75 Å². The van der Waals surface area contributed by atoms with Gasteiger partial charge in [-0.05, 0) is 41.3 Å². The lowest BCUT2D eigenvalue weighted by molar-refractivity contribution is -0.136. The Kier molecular flexibility index (Phi) is 7.49. The van der Waals surface area contributed by atoms with Crippen LogP contribution < -0.4 is 4.74 Å². The van der Waals surface area contributed by atoms with Crippen LogP contribution in [0.1, 0.15) is 22.3 Å². The number of aryl methyl sites for hydroxylation is 1. The third kappa shape index (κ3) is 5.66. The summed E-state index contributed by atoms with van der Waals surface area (Å²) < 4.78 is 10.6. The molecule has 0 spiro atoms. The molecule has 6 heteroatoms. The van der Waals surface area contributed by atoms with Crippen molar-refractivity contribution >= 4 is 12.1 Å². The summed E-state index contributed by atoms with van der Waals surface area (Å²) in [5.74, 6) is -0.262. The summed E-state index contributed by atoms with van der Waals surface area (Å²) >= 11 is 0. The molecule has 0 aliphatic heterocycles. The van der Waals surface area contributed by atoms with Crippen molar-refractivity contribution in [2.24, 2.45) is 0 Å². The van der Waals surface area contributed by atoms with E-state index in [4.69, 9.17) is 9.47 Å². The number of carbonyl (C=O) groups is 2. The molecule has 0 aromatic heterocycles. The molecule has 0 fully saturated rings. The molecule has 0 saturated carbocycles. The number of hydrogen-bond donors (Lipinski definition) is 1. The average Bonchev–Trinajstić information content (AvgIpc) is 2.78. The summed E-state index contributed by atoms with van der Waals surface area (Å²) in [6.07, 6.45) is -0.506. The number of carboxylic acid groups (broad SMARTS) is 1. The zero-order valence-corrected chi connectivity index (χ0v) is 18.5. The number of aliphatic carboxylic acids is 1. The van der Waals surface area contributed by atoms with Crippen LogP contribution in [0.5, 0.6) is 5.75 Å². The van der Waals surface area contributed by atoms with Crippen molar-refractivity contribution in [1.29, 1.82) is 0 Å². The van der Waals surface area contributed by atoms with Gasteiger partial charge in [-0.25, -0.2) is 4.79 Å². The van der Waals surface area contributed by atoms with Crippen LogP contribution in [0.2, 0.25) is 0 Å². The molecule has 0 aliphatic carbocycles. The molecular weight excluding hydrogens is 406 g/mol. The van der Waals surface area contributed by atoms with Crippen LogP contribution in [0.15, 0.2) is 66.7 Å². The van der Waals surface area contributed by atoms with Crippen LogP contribution in [0.4, 0.5) is 4.79 Å². The fourth-order valence-electron chi connectivity index (χ4n) is 3.69. The van der Waals surface area contributed by atoms with Crippen molar-refractivity contribution < 1.29 is 24.2 Å². The third-order valence-corrected chi connectivity index (χ3v) is 5.18. The number of methoxy groups -OCH3 is 2. The Morgan fingerprint density at radius 2 is 1.62 bits per heavy atom. The fourth-order valence-corrected chi connectivity index (χ4v) is 3.69. The van der Waals surface area contributed by atoms with Crippen molar-refractivity contribution in [3.05, 3.63) is 89.0 Å². The van der Waals surface area contributed by atoms with E-state index in [0.717, 1.165) is 27.8 Å². The molecule has 1 N–H and O–H groups in total. The van der Waals surface area contributed by atoms with Crippen molar-refractivity contribution in [3.8, 4) is 16.9 Å². The van der Waals surface area contributed by atoms with Crippen molar-refractivity contribution in [1.82, 2.24) is 4.90 Å². The highest BCUT2D eigenvalue weighted by Gasteiger charge is 2.19. The summed E-state index contributed by atoms with van der Waals surface area (Å²) in [7, 11) is 2.95. The number of ether oxygens (including phenoxy) is 2. The molecule has 32 heavy (non-hydrogen) atoms. The van der Waals surface area contributed by atoms with E-state index in [0.29, 0.717) is 24.4 Å². The maximum Gasteiger partial charge on any atom is 0.410 e. The van der Waals surface area contributed by atoms with Gasteiger partial charge in [0, 0.05) is 18.7 Å². The maximum atomic E-state index is 12.6. The summed E-state index contributed by atoms with van der Waals surface area (Å²) in [6.45, 7) is 2.72. The van der Waals surface area contributed by atoms with Gasteiger partial charge in [-0.15, -0.1) is 0 Å². The minimum absolute atomic E-state index is 0.0829. The van der Waals surface area contributed by atoms with Gasteiger partial charge in [0.05, 0.1) is 20.6 Å². The second-order valence-corrected chi connectivity index (χ2v) is 7.58. The summed E-state index contributed by atoms with van der Waals surface area (Å²) in [5, 5.41) is 9.20. The predicted octanol–water partition coefficient (Wildman–Crippen LogP) is 5.07. The van der Waals surface area contributed by atoms with Crippen molar-refractivity contribution in [3.63, 3.8) is 0 Å². The number of hydrogen-bond acceptors (Lipinski definition) is 4. The van der Waals surface area contributed by atoms with E-state index in [2.05, 4.69) is 0 Å². The molecule has 0 atom stereocenters.